The van der Waals surface area contributed by atoms with E-state index >= 15 is 0 Å². The van der Waals surface area contributed by atoms with Crippen molar-refractivity contribution in [3.8, 4) is 11.4 Å². The number of anilines is 3. The SMILES string of the molecule is COc1ccc(-n2nnc(/C=C\C=C\N3c4ccccc4Sc4ccc(N5CCCCC5)cc43)n2)cc1. The van der Waals surface area contributed by atoms with Gasteiger partial charge in [0.25, 0.3) is 0 Å². The second kappa shape index (κ2) is 10.5. The number of ether oxygens (including phenoxy) is 1. The number of hydrogen-bond acceptors (Lipinski definition) is 7. The summed E-state index contributed by atoms with van der Waals surface area (Å²) in [6, 6.07) is 23.0. The monoisotopic (exact) mass is 508 g/mol. The minimum absolute atomic E-state index is 0.544. The third-order valence-electron chi connectivity index (χ3n) is 6.59. The van der Waals surface area contributed by atoms with Crippen molar-refractivity contribution in [2.24, 2.45) is 0 Å². The van der Waals surface area contributed by atoms with Crippen LogP contribution in [0, 0.1) is 0 Å². The normalized spacial score (nSPS) is 15.3. The summed E-state index contributed by atoms with van der Waals surface area (Å²) in [5.41, 5.74) is 4.52. The molecule has 1 saturated heterocycles. The number of nitrogens with zero attached hydrogens (tertiary/aromatic N) is 6. The molecular weight excluding hydrogens is 480 g/mol. The molecule has 0 saturated carbocycles. The number of benzene rings is 3. The van der Waals surface area contributed by atoms with Gasteiger partial charge in [0.05, 0.1) is 24.2 Å². The minimum Gasteiger partial charge on any atom is -0.497 e. The Morgan fingerprint density at radius 2 is 1.62 bits per heavy atom. The fraction of sp³-hybridized carbons (Fsp3) is 0.207. The lowest BCUT2D eigenvalue weighted by molar-refractivity contribution is 0.414. The Morgan fingerprint density at radius 3 is 2.46 bits per heavy atom. The molecule has 0 bridgehead atoms. The predicted molar refractivity (Wildman–Crippen MR) is 149 cm³/mol. The Labute approximate surface area is 221 Å². The topological polar surface area (TPSA) is 59.3 Å². The van der Waals surface area contributed by atoms with Crippen molar-refractivity contribution in [2.75, 3.05) is 30.0 Å². The highest BCUT2D eigenvalue weighted by atomic mass is 32.2. The van der Waals surface area contributed by atoms with Crippen LogP contribution < -0.4 is 14.5 Å². The third-order valence-corrected chi connectivity index (χ3v) is 7.72. The number of allylic oxidation sites excluding steroid dienone is 2. The highest BCUT2D eigenvalue weighted by molar-refractivity contribution is 7.99. The summed E-state index contributed by atoms with van der Waals surface area (Å²) in [5, 5.41) is 12.8. The smallest absolute Gasteiger partial charge is 0.198 e. The van der Waals surface area contributed by atoms with E-state index in [1.807, 2.05) is 54.3 Å². The number of fused-ring (bicyclic) bond motifs is 2. The molecule has 6 rings (SSSR count). The van der Waals surface area contributed by atoms with Gasteiger partial charge in [-0.1, -0.05) is 30.0 Å². The Hall–Kier alpha value is -4.04. The first-order valence-electron chi connectivity index (χ1n) is 12.5. The van der Waals surface area contributed by atoms with Crippen LogP contribution in [0.25, 0.3) is 11.8 Å². The van der Waals surface area contributed by atoms with Crippen molar-refractivity contribution in [1.29, 1.82) is 0 Å². The number of hydrogen-bond donors (Lipinski definition) is 0. The van der Waals surface area contributed by atoms with Gasteiger partial charge >= 0.3 is 0 Å². The zero-order valence-corrected chi connectivity index (χ0v) is 21.5. The van der Waals surface area contributed by atoms with Crippen LogP contribution in [0.15, 0.2) is 94.9 Å². The number of aromatic nitrogens is 4. The van der Waals surface area contributed by atoms with E-state index in [2.05, 4.69) is 73.9 Å². The van der Waals surface area contributed by atoms with Crippen molar-refractivity contribution >= 4 is 34.9 Å². The van der Waals surface area contributed by atoms with E-state index < -0.39 is 0 Å². The highest BCUT2D eigenvalue weighted by Crippen LogP contribution is 2.49. The van der Waals surface area contributed by atoms with Crippen LogP contribution in [0.1, 0.15) is 25.1 Å². The highest BCUT2D eigenvalue weighted by Gasteiger charge is 2.23. The van der Waals surface area contributed by atoms with E-state index in [1.54, 1.807) is 7.11 Å². The van der Waals surface area contributed by atoms with Crippen molar-refractivity contribution in [2.45, 2.75) is 29.1 Å². The van der Waals surface area contributed by atoms with Crippen molar-refractivity contribution in [1.82, 2.24) is 20.2 Å². The summed E-state index contributed by atoms with van der Waals surface area (Å²) in [5.74, 6) is 1.33. The molecular formula is C29H28N6OS. The fourth-order valence-corrected chi connectivity index (χ4v) is 5.73. The summed E-state index contributed by atoms with van der Waals surface area (Å²) >= 11 is 1.83. The molecule has 37 heavy (non-hydrogen) atoms. The fourth-order valence-electron chi connectivity index (χ4n) is 4.67. The Balaban J connectivity index is 1.24. The van der Waals surface area contributed by atoms with Gasteiger partial charge in [0, 0.05) is 34.8 Å². The summed E-state index contributed by atoms with van der Waals surface area (Å²) in [7, 11) is 1.65. The van der Waals surface area contributed by atoms with E-state index in [4.69, 9.17) is 4.74 Å². The van der Waals surface area contributed by atoms with Gasteiger partial charge in [-0.05, 0) is 91.2 Å². The molecule has 186 valence electrons. The summed E-state index contributed by atoms with van der Waals surface area (Å²) < 4.78 is 5.21. The van der Waals surface area contributed by atoms with Crippen LogP contribution >= 0.6 is 11.8 Å². The molecule has 1 aromatic heterocycles. The number of methoxy groups -OCH3 is 1. The summed E-state index contributed by atoms with van der Waals surface area (Å²) in [4.78, 5) is 8.81. The lowest BCUT2D eigenvalue weighted by Crippen LogP contribution is -2.29. The molecule has 3 aromatic carbocycles. The van der Waals surface area contributed by atoms with Crippen molar-refractivity contribution in [3.63, 3.8) is 0 Å². The number of piperidine rings is 1. The molecule has 0 spiro atoms. The summed E-state index contributed by atoms with van der Waals surface area (Å²) in [6.45, 7) is 2.26. The van der Waals surface area contributed by atoms with Crippen LogP contribution in [0.2, 0.25) is 0 Å². The standard InChI is InChI=1S/C29H28N6OS/c1-36-24-15-12-22(13-16-24)35-31-29(30-32-35)11-5-8-20-34-25-9-3-4-10-27(25)37-28-17-14-23(21-26(28)34)33-18-6-2-7-19-33/h3-5,8-17,20-21H,2,6-7,18-19H2,1H3/b11-5-,20-8+. The van der Waals surface area contributed by atoms with Crippen LogP contribution in [0.5, 0.6) is 5.75 Å². The van der Waals surface area contributed by atoms with E-state index in [0.29, 0.717) is 5.82 Å². The summed E-state index contributed by atoms with van der Waals surface area (Å²) in [6.07, 6.45) is 11.8. The Bertz CT molecular complexity index is 1440. The molecule has 7 nitrogen and oxygen atoms in total. The van der Waals surface area contributed by atoms with Gasteiger partial charge in [-0.25, -0.2) is 0 Å². The zero-order valence-electron chi connectivity index (χ0n) is 20.7. The molecule has 0 aliphatic carbocycles. The Kier molecular flexibility index (Phi) is 6.64. The second-order valence-electron chi connectivity index (χ2n) is 8.98. The van der Waals surface area contributed by atoms with Gasteiger partial charge in [-0.2, -0.15) is 0 Å². The molecule has 3 heterocycles. The Morgan fingerprint density at radius 1 is 0.838 bits per heavy atom. The molecule has 4 aromatic rings. The maximum atomic E-state index is 5.21. The lowest BCUT2D eigenvalue weighted by Gasteiger charge is -2.33. The van der Waals surface area contributed by atoms with Crippen molar-refractivity contribution in [3.05, 3.63) is 90.9 Å². The molecule has 0 N–H and O–H groups in total. The maximum Gasteiger partial charge on any atom is 0.198 e. The van der Waals surface area contributed by atoms with Crippen LogP contribution in [0.3, 0.4) is 0 Å². The molecule has 8 heteroatoms. The molecule has 0 radical (unpaired) electrons. The lowest BCUT2D eigenvalue weighted by atomic mass is 10.1. The minimum atomic E-state index is 0.544. The number of tetrazole rings is 1. The number of rotatable bonds is 6. The molecule has 2 aliphatic rings. The van der Waals surface area contributed by atoms with Crippen molar-refractivity contribution < 1.29 is 4.74 Å². The molecule has 0 amide bonds. The average Bonchev–Trinajstić information content (AvgIpc) is 3.44. The van der Waals surface area contributed by atoms with E-state index in [9.17, 15) is 0 Å². The maximum absolute atomic E-state index is 5.21. The molecule has 2 aliphatic heterocycles. The largest absolute Gasteiger partial charge is 0.497 e. The van der Waals surface area contributed by atoms with E-state index in [1.165, 1.54) is 50.9 Å². The first-order chi connectivity index (χ1) is 18.3. The molecule has 1 fully saturated rings. The molecule has 0 atom stereocenters. The van der Waals surface area contributed by atoms with Crippen LogP contribution in [-0.2, 0) is 0 Å². The number of para-hydroxylation sites is 1. The van der Waals surface area contributed by atoms with Gasteiger partial charge < -0.3 is 14.5 Å². The van der Waals surface area contributed by atoms with E-state index in [0.717, 1.165) is 24.5 Å². The second-order valence-corrected chi connectivity index (χ2v) is 10.1. The zero-order chi connectivity index (χ0) is 25.0. The van der Waals surface area contributed by atoms with Crippen LogP contribution in [-0.4, -0.2) is 40.4 Å². The average molecular weight is 509 g/mol. The van der Waals surface area contributed by atoms with Gasteiger partial charge in [-0.15, -0.1) is 15.0 Å². The predicted octanol–water partition coefficient (Wildman–Crippen LogP) is 6.49. The quantitative estimate of drug-likeness (QED) is 0.276. The third kappa shape index (κ3) is 4.97. The first-order valence-corrected chi connectivity index (χ1v) is 13.3. The van der Waals surface area contributed by atoms with E-state index in [-0.39, 0.29) is 0 Å². The van der Waals surface area contributed by atoms with Crippen LogP contribution in [0.4, 0.5) is 17.1 Å². The van der Waals surface area contributed by atoms with Gasteiger partial charge in [0.2, 0.25) is 0 Å². The van der Waals surface area contributed by atoms with Gasteiger partial charge in [0.1, 0.15) is 5.75 Å². The molecule has 0 unspecified atom stereocenters. The van der Waals surface area contributed by atoms with Gasteiger partial charge in [-0.3, -0.25) is 0 Å². The van der Waals surface area contributed by atoms with Gasteiger partial charge in [0.15, 0.2) is 5.82 Å². The first kappa shape index (κ1) is 23.4.